The molecule has 1 unspecified atom stereocenters. The van der Waals surface area contributed by atoms with Crippen LogP contribution in [0.4, 0.5) is 5.69 Å². The van der Waals surface area contributed by atoms with E-state index in [-0.39, 0.29) is 11.9 Å². The number of benzene rings is 1. The molecule has 20 heavy (non-hydrogen) atoms. The molecule has 0 bridgehead atoms. The first kappa shape index (κ1) is 13.8. The molecule has 0 saturated carbocycles. The summed E-state index contributed by atoms with van der Waals surface area (Å²) < 4.78 is 5.32. The first-order valence-electron chi connectivity index (χ1n) is 6.18. The molecule has 1 aromatic heterocycles. The number of carbonyl (C=O) groups excluding carboxylic acids is 1. The van der Waals surface area contributed by atoms with Crippen LogP contribution in [0.5, 0.6) is 5.75 Å². The van der Waals surface area contributed by atoms with Crippen LogP contribution in [-0.2, 0) is 0 Å². The minimum absolute atomic E-state index is 0.267. The smallest absolute Gasteiger partial charge is 0.251 e. The molecule has 2 aromatic rings. The van der Waals surface area contributed by atoms with Gasteiger partial charge in [-0.2, -0.15) is 5.21 Å². The van der Waals surface area contributed by atoms with Gasteiger partial charge >= 0.3 is 0 Å². The molecule has 0 spiro atoms. The maximum absolute atomic E-state index is 12.1. The molecular weight excluding hydrogens is 260 g/mol. The van der Waals surface area contributed by atoms with E-state index in [2.05, 4.69) is 25.9 Å². The molecule has 0 aliphatic heterocycles. The molecule has 0 radical (unpaired) electrons. The van der Waals surface area contributed by atoms with Crippen molar-refractivity contribution in [3.8, 4) is 5.75 Å². The molecule has 1 amide bonds. The number of tetrazole rings is 1. The van der Waals surface area contributed by atoms with Crippen molar-refractivity contribution in [1.82, 2.24) is 25.9 Å². The largest absolute Gasteiger partial charge is 0.492 e. The van der Waals surface area contributed by atoms with Crippen LogP contribution in [0, 0.1) is 0 Å². The number of ether oxygens (including phenoxy) is 1. The lowest BCUT2D eigenvalue weighted by atomic mass is 10.1. The molecule has 0 saturated heterocycles. The van der Waals surface area contributed by atoms with Gasteiger partial charge in [-0.05, 0) is 32.0 Å². The summed E-state index contributed by atoms with van der Waals surface area (Å²) in [5, 5.41) is 16.2. The zero-order valence-corrected chi connectivity index (χ0v) is 11.3. The van der Waals surface area contributed by atoms with Crippen molar-refractivity contribution in [2.24, 2.45) is 0 Å². The summed E-state index contributed by atoms with van der Waals surface area (Å²) >= 11 is 0. The van der Waals surface area contributed by atoms with Crippen LogP contribution in [0.15, 0.2) is 18.2 Å². The minimum Gasteiger partial charge on any atom is -0.492 e. The number of nitrogens with two attached hydrogens (primary N) is 1. The average molecular weight is 276 g/mol. The fourth-order valence-corrected chi connectivity index (χ4v) is 1.67. The van der Waals surface area contributed by atoms with Crippen molar-refractivity contribution >= 4 is 11.6 Å². The number of aromatic amines is 1. The van der Waals surface area contributed by atoms with Gasteiger partial charge in [-0.1, -0.05) is 5.21 Å². The third-order valence-electron chi connectivity index (χ3n) is 2.67. The summed E-state index contributed by atoms with van der Waals surface area (Å²) in [5.41, 5.74) is 6.69. The van der Waals surface area contributed by atoms with E-state index in [9.17, 15) is 4.79 Å². The summed E-state index contributed by atoms with van der Waals surface area (Å²) in [6.07, 6.45) is 0. The first-order chi connectivity index (χ1) is 9.61. The number of hydrogen-bond acceptors (Lipinski definition) is 6. The van der Waals surface area contributed by atoms with E-state index in [4.69, 9.17) is 10.5 Å². The van der Waals surface area contributed by atoms with Gasteiger partial charge in [0.15, 0.2) is 5.82 Å². The molecular formula is C12H16N6O2. The van der Waals surface area contributed by atoms with Crippen LogP contribution in [0.1, 0.15) is 36.1 Å². The lowest BCUT2D eigenvalue weighted by Crippen LogP contribution is -2.27. The minimum atomic E-state index is -0.353. The van der Waals surface area contributed by atoms with Gasteiger partial charge in [-0.3, -0.25) is 4.79 Å². The standard InChI is InChI=1S/C12H16N6O2/c1-3-20-10-5-4-8(6-9(10)13)12(19)14-7(2)11-15-17-18-16-11/h4-7H,3,13H2,1-2H3,(H,14,19)(H,15,16,17,18). The van der Waals surface area contributed by atoms with Crippen molar-refractivity contribution in [1.29, 1.82) is 0 Å². The Balaban J connectivity index is 2.07. The number of aromatic nitrogens is 4. The number of carbonyl (C=O) groups is 1. The number of amides is 1. The number of rotatable bonds is 5. The van der Waals surface area contributed by atoms with E-state index in [0.717, 1.165) is 0 Å². The summed E-state index contributed by atoms with van der Waals surface area (Å²) in [5.74, 6) is 0.713. The summed E-state index contributed by atoms with van der Waals surface area (Å²) in [6, 6.07) is 4.55. The van der Waals surface area contributed by atoms with Gasteiger partial charge in [0.05, 0.1) is 18.3 Å². The molecule has 1 heterocycles. The lowest BCUT2D eigenvalue weighted by molar-refractivity contribution is 0.0938. The van der Waals surface area contributed by atoms with E-state index < -0.39 is 0 Å². The van der Waals surface area contributed by atoms with Gasteiger partial charge in [0.25, 0.3) is 5.91 Å². The van der Waals surface area contributed by atoms with E-state index in [1.165, 1.54) is 0 Å². The Kier molecular flexibility index (Phi) is 4.14. The van der Waals surface area contributed by atoms with Gasteiger partial charge in [-0.15, -0.1) is 10.2 Å². The van der Waals surface area contributed by atoms with Gasteiger partial charge in [0, 0.05) is 5.56 Å². The molecule has 1 atom stereocenters. The molecule has 0 aliphatic carbocycles. The molecule has 8 heteroatoms. The van der Waals surface area contributed by atoms with Crippen LogP contribution in [-0.4, -0.2) is 33.1 Å². The molecule has 4 N–H and O–H groups in total. The highest BCUT2D eigenvalue weighted by Crippen LogP contribution is 2.22. The predicted molar refractivity (Wildman–Crippen MR) is 72.1 cm³/mol. The van der Waals surface area contributed by atoms with E-state index in [0.29, 0.717) is 29.4 Å². The van der Waals surface area contributed by atoms with Crippen molar-refractivity contribution in [3.05, 3.63) is 29.6 Å². The second kappa shape index (κ2) is 6.00. The quantitative estimate of drug-likeness (QED) is 0.691. The second-order valence-electron chi connectivity index (χ2n) is 4.15. The van der Waals surface area contributed by atoms with Crippen LogP contribution in [0.3, 0.4) is 0 Å². The van der Waals surface area contributed by atoms with E-state index >= 15 is 0 Å². The number of hydrogen-bond donors (Lipinski definition) is 3. The fourth-order valence-electron chi connectivity index (χ4n) is 1.67. The number of H-pyrrole nitrogens is 1. The van der Waals surface area contributed by atoms with Gasteiger partial charge in [0.1, 0.15) is 5.75 Å². The first-order valence-corrected chi connectivity index (χ1v) is 6.18. The average Bonchev–Trinajstić information content (AvgIpc) is 2.95. The van der Waals surface area contributed by atoms with Crippen LogP contribution >= 0.6 is 0 Å². The second-order valence-corrected chi connectivity index (χ2v) is 4.15. The molecule has 0 fully saturated rings. The van der Waals surface area contributed by atoms with Crippen LogP contribution in [0.25, 0.3) is 0 Å². The summed E-state index contributed by atoms with van der Waals surface area (Å²) in [6.45, 7) is 4.15. The Bertz CT molecular complexity index is 584. The fraction of sp³-hybridized carbons (Fsp3) is 0.333. The highest BCUT2D eigenvalue weighted by Gasteiger charge is 2.15. The third kappa shape index (κ3) is 3.02. The topological polar surface area (TPSA) is 119 Å². The van der Waals surface area contributed by atoms with Crippen molar-refractivity contribution in [3.63, 3.8) is 0 Å². The van der Waals surface area contributed by atoms with Crippen molar-refractivity contribution < 1.29 is 9.53 Å². The maximum Gasteiger partial charge on any atom is 0.251 e. The Hall–Kier alpha value is -2.64. The number of anilines is 1. The molecule has 1 aromatic carbocycles. The normalized spacial score (nSPS) is 11.9. The van der Waals surface area contributed by atoms with Crippen LogP contribution in [0.2, 0.25) is 0 Å². The number of nitrogens with zero attached hydrogens (tertiary/aromatic N) is 3. The third-order valence-corrected chi connectivity index (χ3v) is 2.67. The summed E-state index contributed by atoms with van der Waals surface area (Å²) in [7, 11) is 0. The van der Waals surface area contributed by atoms with Crippen LogP contribution < -0.4 is 15.8 Å². The molecule has 8 nitrogen and oxygen atoms in total. The molecule has 106 valence electrons. The highest BCUT2D eigenvalue weighted by atomic mass is 16.5. The van der Waals surface area contributed by atoms with E-state index in [1.54, 1.807) is 25.1 Å². The predicted octanol–water partition coefficient (Wildman–Crippen LogP) is 0.672. The van der Waals surface area contributed by atoms with Gasteiger partial charge < -0.3 is 15.8 Å². The summed E-state index contributed by atoms with van der Waals surface area (Å²) in [4.78, 5) is 12.1. The zero-order valence-electron chi connectivity index (χ0n) is 11.3. The lowest BCUT2D eigenvalue weighted by Gasteiger charge is -2.12. The number of nitrogen functional groups attached to an aromatic ring is 1. The zero-order chi connectivity index (χ0) is 14.5. The number of nitrogens with one attached hydrogen (secondary N) is 2. The van der Waals surface area contributed by atoms with Gasteiger partial charge in [-0.25, -0.2) is 0 Å². The van der Waals surface area contributed by atoms with Gasteiger partial charge in [0.2, 0.25) is 0 Å². The Morgan fingerprint density at radius 3 is 2.95 bits per heavy atom. The SMILES string of the molecule is CCOc1ccc(C(=O)NC(C)c2nn[nH]n2)cc1N. The Morgan fingerprint density at radius 1 is 1.55 bits per heavy atom. The van der Waals surface area contributed by atoms with Crippen molar-refractivity contribution in [2.75, 3.05) is 12.3 Å². The van der Waals surface area contributed by atoms with E-state index in [1.807, 2.05) is 6.92 Å². The Morgan fingerprint density at radius 2 is 2.35 bits per heavy atom. The highest BCUT2D eigenvalue weighted by molar-refractivity contribution is 5.95. The molecule has 0 aliphatic rings. The maximum atomic E-state index is 12.1. The van der Waals surface area contributed by atoms with Crippen molar-refractivity contribution in [2.45, 2.75) is 19.9 Å². The molecule has 2 rings (SSSR count). The monoisotopic (exact) mass is 276 g/mol. The Labute approximate surface area is 115 Å².